The van der Waals surface area contributed by atoms with Crippen LogP contribution in [0.2, 0.25) is 10.0 Å². The van der Waals surface area contributed by atoms with Crippen LogP contribution in [0.5, 0.6) is 5.75 Å². The van der Waals surface area contributed by atoms with Crippen LogP contribution in [0, 0.1) is 5.92 Å². The summed E-state index contributed by atoms with van der Waals surface area (Å²) in [5.74, 6) is 0.816. The fourth-order valence-corrected chi connectivity index (χ4v) is 5.01. The molecule has 0 atom stereocenters. The van der Waals surface area contributed by atoms with E-state index in [2.05, 4.69) is 10.6 Å². The number of fused-ring (bicyclic) bond motifs is 1. The second-order valence-electron chi connectivity index (χ2n) is 8.77. The predicted octanol–water partition coefficient (Wildman–Crippen LogP) is 6.02. The Kier molecular flexibility index (Phi) is 5.97. The van der Waals surface area contributed by atoms with Crippen LogP contribution in [0.3, 0.4) is 0 Å². The molecule has 7 heteroatoms. The van der Waals surface area contributed by atoms with E-state index in [0.717, 1.165) is 85.0 Å². The number of pyridine rings is 1. The molecule has 2 fully saturated rings. The van der Waals surface area contributed by atoms with E-state index in [1.807, 2.05) is 18.2 Å². The minimum Gasteiger partial charge on any atom is -0.505 e. The highest BCUT2D eigenvalue weighted by molar-refractivity contribution is 6.37. The number of aromatic hydroxyl groups is 1. The second kappa shape index (κ2) is 8.89. The molecule has 0 radical (unpaired) electrons. The first-order chi connectivity index (χ1) is 15.5. The van der Waals surface area contributed by atoms with Crippen LogP contribution in [0.4, 0.5) is 5.69 Å². The molecule has 0 unspecified atom stereocenters. The number of hydrogen-bond donors (Lipinski definition) is 3. The van der Waals surface area contributed by atoms with Crippen LogP contribution in [0.1, 0.15) is 47.7 Å². The molecular weight excluding hydrogens is 445 g/mol. The first-order valence-electron chi connectivity index (χ1n) is 11.1. The van der Waals surface area contributed by atoms with Crippen molar-refractivity contribution in [2.75, 3.05) is 25.0 Å². The number of benzene rings is 2. The number of nitrogens with one attached hydrogen (secondary N) is 2. The number of rotatable bonds is 6. The SMILES string of the molecule is O=Cc1c(C2CC2)nc2ccc(-c3cc(Cl)c(O)c(Cl)c3)cc2c1NCC1CCNCC1. The molecule has 1 aliphatic heterocycles. The number of carbonyl (C=O) groups excluding carboxylic acids is 1. The molecule has 3 N–H and O–H groups in total. The van der Waals surface area contributed by atoms with E-state index < -0.39 is 0 Å². The van der Waals surface area contributed by atoms with E-state index in [9.17, 15) is 9.90 Å². The third-order valence-corrected chi connectivity index (χ3v) is 7.09. The molecule has 2 aliphatic rings. The van der Waals surface area contributed by atoms with Crippen LogP contribution in [0.25, 0.3) is 22.0 Å². The van der Waals surface area contributed by atoms with Gasteiger partial charge in [0.05, 0.1) is 32.5 Å². The van der Waals surface area contributed by atoms with Gasteiger partial charge in [0.25, 0.3) is 0 Å². The molecule has 5 nitrogen and oxygen atoms in total. The van der Waals surface area contributed by atoms with Crippen molar-refractivity contribution >= 4 is 46.1 Å². The Bertz CT molecular complexity index is 1160. The smallest absolute Gasteiger partial charge is 0.154 e. The number of hydrogen-bond acceptors (Lipinski definition) is 5. The lowest BCUT2D eigenvalue weighted by atomic mass is 9.96. The summed E-state index contributed by atoms with van der Waals surface area (Å²) in [6.07, 6.45) is 5.35. The number of carbonyl (C=O) groups is 1. The lowest BCUT2D eigenvalue weighted by molar-refractivity contribution is 0.112. The Hall–Kier alpha value is -2.34. The second-order valence-corrected chi connectivity index (χ2v) is 9.59. The summed E-state index contributed by atoms with van der Waals surface area (Å²) < 4.78 is 0. The number of aldehydes is 1. The van der Waals surface area contributed by atoms with Crippen molar-refractivity contribution < 1.29 is 9.90 Å². The van der Waals surface area contributed by atoms with Crippen LogP contribution in [0.15, 0.2) is 30.3 Å². The average Bonchev–Trinajstić information content (AvgIpc) is 3.66. The number of phenols is 1. The average molecular weight is 470 g/mol. The monoisotopic (exact) mass is 469 g/mol. The molecule has 0 amide bonds. The topological polar surface area (TPSA) is 74.2 Å². The van der Waals surface area contributed by atoms with Crippen molar-refractivity contribution in [3.05, 3.63) is 51.6 Å². The van der Waals surface area contributed by atoms with Gasteiger partial charge in [-0.15, -0.1) is 0 Å². The minimum absolute atomic E-state index is 0.124. The Labute approximate surface area is 197 Å². The molecule has 3 aromatic rings. The summed E-state index contributed by atoms with van der Waals surface area (Å²) in [5, 5.41) is 18.2. The van der Waals surface area contributed by atoms with Crippen molar-refractivity contribution in [1.82, 2.24) is 10.3 Å². The van der Waals surface area contributed by atoms with Gasteiger partial charge < -0.3 is 15.7 Å². The number of halogens is 2. The lowest BCUT2D eigenvalue weighted by Gasteiger charge is -2.24. The molecular formula is C25H25Cl2N3O2. The molecule has 2 heterocycles. The maximum absolute atomic E-state index is 12.2. The largest absolute Gasteiger partial charge is 0.505 e. The lowest BCUT2D eigenvalue weighted by Crippen LogP contribution is -2.31. The first-order valence-corrected chi connectivity index (χ1v) is 11.9. The van der Waals surface area contributed by atoms with E-state index in [1.165, 1.54) is 0 Å². The van der Waals surface area contributed by atoms with Gasteiger partial charge in [0.2, 0.25) is 0 Å². The molecule has 1 saturated carbocycles. The van der Waals surface area contributed by atoms with Gasteiger partial charge in [0.15, 0.2) is 12.0 Å². The number of anilines is 1. The molecule has 1 saturated heterocycles. The third-order valence-electron chi connectivity index (χ3n) is 6.51. The zero-order valence-corrected chi connectivity index (χ0v) is 19.1. The summed E-state index contributed by atoms with van der Waals surface area (Å²) in [4.78, 5) is 17.1. The zero-order chi connectivity index (χ0) is 22.2. The van der Waals surface area contributed by atoms with E-state index in [-0.39, 0.29) is 15.8 Å². The van der Waals surface area contributed by atoms with Gasteiger partial charge in [-0.25, -0.2) is 0 Å². The summed E-state index contributed by atoms with van der Waals surface area (Å²) in [7, 11) is 0. The highest BCUT2D eigenvalue weighted by Gasteiger charge is 2.30. The fourth-order valence-electron chi connectivity index (χ4n) is 4.52. The normalized spacial score (nSPS) is 16.9. The third kappa shape index (κ3) is 4.17. The predicted molar refractivity (Wildman–Crippen MR) is 130 cm³/mol. The quantitative estimate of drug-likeness (QED) is 0.385. The Morgan fingerprint density at radius 2 is 1.78 bits per heavy atom. The van der Waals surface area contributed by atoms with Crippen LogP contribution in [-0.4, -0.2) is 36.0 Å². The van der Waals surface area contributed by atoms with Crippen molar-refractivity contribution in [2.45, 2.75) is 31.6 Å². The van der Waals surface area contributed by atoms with Gasteiger partial charge in [-0.2, -0.15) is 0 Å². The van der Waals surface area contributed by atoms with Gasteiger partial charge in [-0.05, 0) is 80.1 Å². The fraction of sp³-hybridized carbons (Fsp3) is 0.360. The maximum atomic E-state index is 12.2. The van der Waals surface area contributed by atoms with Crippen LogP contribution < -0.4 is 10.6 Å². The standard InChI is InChI=1S/C25H25Cl2N3O2/c26-20-10-17(11-21(27)25(20)32)16-3-4-22-18(9-16)24(29-12-14-5-7-28-8-6-14)19(13-31)23(30-22)15-1-2-15/h3-4,9-11,13-15,28,32H,1-2,5-8,12H2,(H,29,30). The van der Waals surface area contributed by atoms with Crippen molar-refractivity contribution in [3.8, 4) is 16.9 Å². The van der Waals surface area contributed by atoms with Crippen molar-refractivity contribution in [2.24, 2.45) is 5.92 Å². The summed E-state index contributed by atoms with van der Waals surface area (Å²) in [6.45, 7) is 2.89. The minimum atomic E-state index is -0.124. The summed E-state index contributed by atoms with van der Waals surface area (Å²) >= 11 is 12.3. The molecule has 1 aromatic heterocycles. The van der Waals surface area contributed by atoms with Gasteiger partial charge in [0, 0.05) is 17.8 Å². The van der Waals surface area contributed by atoms with Crippen LogP contribution >= 0.6 is 23.2 Å². The molecule has 5 rings (SSSR count). The van der Waals surface area contributed by atoms with Crippen molar-refractivity contribution in [1.29, 1.82) is 0 Å². The van der Waals surface area contributed by atoms with Crippen molar-refractivity contribution in [3.63, 3.8) is 0 Å². The Morgan fingerprint density at radius 3 is 2.44 bits per heavy atom. The molecule has 2 aromatic carbocycles. The Morgan fingerprint density at radius 1 is 1.06 bits per heavy atom. The summed E-state index contributed by atoms with van der Waals surface area (Å²) in [6, 6.07) is 9.37. The number of nitrogens with zero attached hydrogens (tertiary/aromatic N) is 1. The number of piperidine rings is 1. The van der Waals surface area contributed by atoms with Gasteiger partial charge in [-0.1, -0.05) is 29.3 Å². The van der Waals surface area contributed by atoms with E-state index in [4.69, 9.17) is 28.2 Å². The van der Waals surface area contributed by atoms with Crippen LogP contribution in [-0.2, 0) is 0 Å². The highest BCUT2D eigenvalue weighted by atomic mass is 35.5. The van der Waals surface area contributed by atoms with E-state index in [0.29, 0.717) is 17.4 Å². The highest BCUT2D eigenvalue weighted by Crippen LogP contribution is 2.44. The number of phenolic OH excluding ortho intramolecular Hbond substituents is 1. The number of aromatic nitrogens is 1. The first kappa shape index (κ1) is 21.5. The molecule has 0 spiro atoms. The van der Waals surface area contributed by atoms with Gasteiger partial charge in [-0.3, -0.25) is 9.78 Å². The van der Waals surface area contributed by atoms with E-state index >= 15 is 0 Å². The van der Waals surface area contributed by atoms with E-state index in [1.54, 1.807) is 12.1 Å². The molecule has 0 bridgehead atoms. The summed E-state index contributed by atoms with van der Waals surface area (Å²) in [5.41, 5.74) is 5.00. The molecule has 166 valence electrons. The zero-order valence-electron chi connectivity index (χ0n) is 17.6. The molecule has 32 heavy (non-hydrogen) atoms. The maximum Gasteiger partial charge on any atom is 0.154 e. The Balaban J connectivity index is 1.61. The molecule has 1 aliphatic carbocycles. The van der Waals surface area contributed by atoms with Gasteiger partial charge >= 0.3 is 0 Å². The van der Waals surface area contributed by atoms with Gasteiger partial charge in [0.1, 0.15) is 0 Å².